The summed E-state index contributed by atoms with van der Waals surface area (Å²) in [6.07, 6.45) is 2.53. The summed E-state index contributed by atoms with van der Waals surface area (Å²) in [7, 11) is 0. The molecule has 1 aromatic carbocycles. The fraction of sp³-hybridized carbons (Fsp3) is 0.533. The van der Waals surface area contributed by atoms with Crippen molar-refractivity contribution in [3.05, 3.63) is 29.8 Å². The SMILES string of the molecule is Cc1ccc(NC(=O)CN2CC(N)(C3CC3)C2)cc1. The van der Waals surface area contributed by atoms with Crippen LogP contribution in [0, 0.1) is 12.8 Å². The average Bonchev–Trinajstić information content (AvgIpc) is 3.14. The van der Waals surface area contributed by atoms with Crippen LogP contribution in [-0.4, -0.2) is 36.0 Å². The van der Waals surface area contributed by atoms with E-state index in [9.17, 15) is 4.79 Å². The van der Waals surface area contributed by atoms with Gasteiger partial charge in [0.2, 0.25) is 5.91 Å². The minimum Gasteiger partial charge on any atom is -0.325 e. The molecule has 0 atom stereocenters. The molecular formula is C15H21N3O. The zero-order valence-electron chi connectivity index (χ0n) is 11.4. The van der Waals surface area contributed by atoms with Gasteiger partial charge in [0.15, 0.2) is 0 Å². The molecule has 1 aromatic rings. The van der Waals surface area contributed by atoms with E-state index in [4.69, 9.17) is 5.73 Å². The Balaban J connectivity index is 1.46. The fourth-order valence-electron chi connectivity index (χ4n) is 2.86. The molecule has 1 heterocycles. The molecule has 0 radical (unpaired) electrons. The van der Waals surface area contributed by atoms with Crippen LogP contribution in [0.4, 0.5) is 5.69 Å². The van der Waals surface area contributed by atoms with Crippen LogP contribution < -0.4 is 11.1 Å². The molecule has 0 unspecified atom stereocenters. The number of nitrogens with one attached hydrogen (secondary N) is 1. The Bertz CT molecular complexity index is 473. The first-order valence-corrected chi connectivity index (χ1v) is 6.93. The highest BCUT2D eigenvalue weighted by Crippen LogP contribution is 2.42. The Kier molecular flexibility index (Phi) is 3.07. The zero-order chi connectivity index (χ0) is 13.5. The van der Waals surface area contributed by atoms with E-state index in [-0.39, 0.29) is 11.4 Å². The minimum absolute atomic E-state index is 0.00978. The van der Waals surface area contributed by atoms with Gasteiger partial charge in [-0.15, -0.1) is 0 Å². The molecule has 3 N–H and O–H groups in total. The van der Waals surface area contributed by atoms with Crippen molar-refractivity contribution >= 4 is 11.6 Å². The van der Waals surface area contributed by atoms with Crippen LogP contribution in [0.5, 0.6) is 0 Å². The molecule has 0 bridgehead atoms. The molecule has 2 aliphatic rings. The number of nitrogens with zero attached hydrogens (tertiary/aromatic N) is 1. The number of aryl methyl sites for hydroxylation is 1. The summed E-state index contributed by atoms with van der Waals surface area (Å²) in [5, 5.41) is 2.92. The third-order valence-corrected chi connectivity index (χ3v) is 4.13. The van der Waals surface area contributed by atoms with Crippen molar-refractivity contribution in [1.29, 1.82) is 0 Å². The van der Waals surface area contributed by atoms with E-state index < -0.39 is 0 Å². The normalized spacial score (nSPS) is 21.8. The Morgan fingerprint density at radius 1 is 1.37 bits per heavy atom. The number of carbonyl (C=O) groups is 1. The Morgan fingerprint density at radius 3 is 2.58 bits per heavy atom. The fourth-order valence-corrected chi connectivity index (χ4v) is 2.86. The van der Waals surface area contributed by atoms with E-state index in [1.807, 2.05) is 31.2 Å². The van der Waals surface area contributed by atoms with Crippen molar-refractivity contribution in [2.24, 2.45) is 11.7 Å². The Hall–Kier alpha value is -1.39. The molecule has 1 saturated carbocycles. The van der Waals surface area contributed by atoms with Crippen molar-refractivity contribution in [1.82, 2.24) is 4.90 Å². The molecule has 4 heteroatoms. The van der Waals surface area contributed by atoms with Gasteiger partial charge < -0.3 is 11.1 Å². The molecule has 102 valence electrons. The predicted molar refractivity (Wildman–Crippen MR) is 75.9 cm³/mol. The molecule has 1 saturated heterocycles. The van der Waals surface area contributed by atoms with E-state index in [2.05, 4.69) is 10.2 Å². The lowest BCUT2D eigenvalue weighted by Gasteiger charge is -2.48. The summed E-state index contributed by atoms with van der Waals surface area (Å²) in [5.74, 6) is 0.741. The monoisotopic (exact) mass is 259 g/mol. The summed E-state index contributed by atoms with van der Waals surface area (Å²) in [6.45, 7) is 4.20. The molecule has 1 aliphatic carbocycles. The number of rotatable bonds is 4. The van der Waals surface area contributed by atoms with Crippen molar-refractivity contribution in [2.75, 3.05) is 25.0 Å². The highest BCUT2D eigenvalue weighted by molar-refractivity contribution is 5.92. The summed E-state index contributed by atoms with van der Waals surface area (Å²) >= 11 is 0. The first-order valence-electron chi connectivity index (χ1n) is 6.93. The van der Waals surface area contributed by atoms with Gasteiger partial charge >= 0.3 is 0 Å². The molecule has 2 fully saturated rings. The smallest absolute Gasteiger partial charge is 0.238 e. The maximum atomic E-state index is 11.9. The van der Waals surface area contributed by atoms with E-state index in [1.165, 1.54) is 18.4 Å². The van der Waals surface area contributed by atoms with E-state index in [0.717, 1.165) is 18.8 Å². The van der Waals surface area contributed by atoms with Crippen LogP contribution in [0.2, 0.25) is 0 Å². The van der Waals surface area contributed by atoms with E-state index >= 15 is 0 Å². The second-order valence-electron chi connectivity index (χ2n) is 6.07. The topological polar surface area (TPSA) is 58.4 Å². The minimum atomic E-state index is -0.00978. The van der Waals surface area contributed by atoms with Gasteiger partial charge in [-0.25, -0.2) is 0 Å². The quantitative estimate of drug-likeness (QED) is 0.858. The summed E-state index contributed by atoms with van der Waals surface area (Å²) in [4.78, 5) is 14.0. The van der Waals surface area contributed by atoms with Gasteiger partial charge in [-0.2, -0.15) is 0 Å². The van der Waals surface area contributed by atoms with E-state index in [0.29, 0.717) is 12.5 Å². The van der Waals surface area contributed by atoms with Crippen LogP contribution in [0.1, 0.15) is 18.4 Å². The second-order valence-corrected chi connectivity index (χ2v) is 6.07. The van der Waals surface area contributed by atoms with Crippen molar-refractivity contribution in [2.45, 2.75) is 25.3 Å². The van der Waals surface area contributed by atoms with Crippen LogP contribution in [-0.2, 0) is 4.79 Å². The average molecular weight is 259 g/mol. The first kappa shape index (κ1) is 12.6. The van der Waals surface area contributed by atoms with Crippen LogP contribution in [0.3, 0.4) is 0 Å². The molecule has 3 rings (SSSR count). The zero-order valence-corrected chi connectivity index (χ0v) is 11.4. The third-order valence-electron chi connectivity index (χ3n) is 4.13. The maximum Gasteiger partial charge on any atom is 0.238 e. The second kappa shape index (κ2) is 4.62. The third kappa shape index (κ3) is 2.80. The van der Waals surface area contributed by atoms with Gasteiger partial charge in [-0.3, -0.25) is 9.69 Å². The van der Waals surface area contributed by atoms with Crippen LogP contribution in [0.25, 0.3) is 0 Å². The van der Waals surface area contributed by atoms with Crippen molar-refractivity contribution in [3.8, 4) is 0 Å². The number of likely N-dealkylation sites (tertiary alicyclic amines) is 1. The van der Waals surface area contributed by atoms with Gasteiger partial charge in [0, 0.05) is 24.3 Å². The van der Waals surface area contributed by atoms with Crippen molar-refractivity contribution in [3.63, 3.8) is 0 Å². The van der Waals surface area contributed by atoms with Crippen LogP contribution >= 0.6 is 0 Å². The first-order chi connectivity index (χ1) is 9.05. The number of hydrogen-bond acceptors (Lipinski definition) is 3. The van der Waals surface area contributed by atoms with Gasteiger partial charge in [0.05, 0.1) is 6.54 Å². The Morgan fingerprint density at radius 2 is 2.00 bits per heavy atom. The van der Waals surface area contributed by atoms with Crippen LogP contribution in [0.15, 0.2) is 24.3 Å². The summed E-state index contributed by atoms with van der Waals surface area (Å²) in [5.41, 5.74) is 8.31. The molecule has 0 aromatic heterocycles. The lowest BCUT2D eigenvalue weighted by Crippen LogP contribution is -2.69. The lowest BCUT2D eigenvalue weighted by atomic mass is 9.86. The molecule has 4 nitrogen and oxygen atoms in total. The summed E-state index contributed by atoms with van der Waals surface area (Å²) < 4.78 is 0. The highest BCUT2D eigenvalue weighted by Gasteiger charge is 2.50. The molecule has 1 aliphatic heterocycles. The van der Waals surface area contributed by atoms with Crippen molar-refractivity contribution < 1.29 is 4.79 Å². The predicted octanol–water partition coefficient (Wildman–Crippen LogP) is 1.36. The molecule has 19 heavy (non-hydrogen) atoms. The van der Waals surface area contributed by atoms with Gasteiger partial charge in [-0.1, -0.05) is 17.7 Å². The number of nitrogens with two attached hydrogens (primary N) is 1. The largest absolute Gasteiger partial charge is 0.325 e. The molecule has 1 amide bonds. The number of carbonyl (C=O) groups excluding carboxylic acids is 1. The highest BCUT2D eigenvalue weighted by atomic mass is 16.2. The number of benzene rings is 1. The Labute approximate surface area is 114 Å². The van der Waals surface area contributed by atoms with Gasteiger partial charge in [-0.05, 0) is 37.8 Å². The van der Waals surface area contributed by atoms with Gasteiger partial charge in [0.25, 0.3) is 0 Å². The molecular weight excluding hydrogens is 238 g/mol. The summed E-state index contributed by atoms with van der Waals surface area (Å²) in [6, 6.07) is 7.86. The van der Waals surface area contributed by atoms with E-state index in [1.54, 1.807) is 0 Å². The maximum absolute atomic E-state index is 11.9. The number of anilines is 1. The number of amides is 1. The molecule has 0 spiro atoms. The standard InChI is InChI=1S/C15H21N3O/c1-11-2-6-13(7-3-11)17-14(19)8-18-9-15(16,10-18)12-4-5-12/h2-3,6-7,12H,4-5,8-10,16H2,1H3,(H,17,19). The lowest BCUT2D eigenvalue weighted by molar-refractivity contribution is -0.119. The van der Waals surface area contributed by atoms with Gasteiger partial charge in [0.1, 0.15) is 0 Å². The number of hydrogen-bond donors (Lipinski definition) is 2.